The van der Waals surface area contributed by atoms with Crippen molar-refractivity contribution in [2.45, 2.75) is 44.7 Å². The summed E-state index contributed by atoms with van der Waals surface area (Å²) in [5.74, 6) is 0.633. The van der Waals surface area contributed by atoms with Crippen molar-refractivity contribution in [1.82, 2.24) is 24.8 Å². The standard InChI is InChI=1S/C17H23N5O2/c23-16-7-4-8-20(16)9-14-10-22(19-18-14)15-11-21(12-15)17(24)13-5-2-1-3-6-13/h1-2,10,13,15H,3-9,11-12H2. The van der Waals surface area contributed by atoms with E-state index in [0.29, 0.717) is 26.1 Å². The fraction of sp³-hybridized carbons (Fsp3) is 0.647. The van der Waals surface area contributed by atoms with Gasteiger partial charge in [0.2, 0.25) is 11.8 Å². The summed E-state index contributed by atoms with van der Waals surface area (Å²) in [5.41, 5.74) is 0.826. The van der Waals surface area contributed by atoms with Gasteiger partial charge >= 0.3 is 0 Å². The summed E-state index contributed by atoms with van der Waals surface area (Å²) < 4.78 is 1.85. The lowest BCUT2D eigenvalue weighted by molar-refractivity contribution is -0.142. The zero-order valence-corrected chi connectivity index (χ0v) is 13.8. The minimum Gasteiger partial charge on any atom is -0.338 e. The summed E-state index contributed by atoms with van der Waals surface area (Å²) in [5, 5.41) is 8.37. The molecular formula is C17H23N5O2. The van der Waals surface area contributed by atoms with Gasteiger partial charge in [0, 0.05) is 32.0 Å². The molecule has 1 unspecified atom stereocenters. The van der Waals surface area contributed by atoms with Crippen LogP contribution in [0.15, 0.2) is 18.3 Å². The summed E-state index contributed by atoms with van der Waals surface area (Å²) in [7, 11) is 0. The summed E-state index contributed by atoms with van der Waals surface area (Å²) in [6, 6.07) is 0.212. The van der Waals surface area contributed by atoms with E-state index in [9.17, 15) is 9.59 Å². The predicted molar refractivity (Wildman–Crippen MR) is 86.8 cm³/mol. The Bertz CT molecular complexity index is 662. The normalized spacial score (nSPS) is 24.5. The van der Waals surface area contributed by atoms with Gasteiger partial charge in [-0.3, -0.25) is 9.59 Å². The third-order valence-corrected chi connectivity index (χ3v) is 5.25. The van der Waals surface area contributed by atoms with Crippen LogP contribution in [0.5, 0.6) is 0 Å². The molecule has 7 heteroatoms. The van der Waals surface area contributed by atoms with Crippen LogP contribution in [0.2, 0.25) is 0 Å². The molecule has 0 radical (unpaired) electrons. The smallest absolute Gasteiger partial charge is 0.226 e. The van der Waals surface area contributed by atoms with Gasteiger partial charge in [0.05, 0.1) is 18.8 Å². The second-order valence-corrected chi connectivity index (χ2v) is 6.99. The van der Waals surface area contributed by atoms with Crippen molar-refractivity contribution < 1.29 is 9.59 Å². The zero-order valence-electron chi connectivity index (χ0n) is 13.8. The Hall–Kier alpha value is -2.18. The van der Waals surface area contributed by atoms with Gasteiger partial charge in [-0.1, -0.05) is 17.4 Å². The van der Waals surface area contributed by atoms with E-state index in [1.807, 2.05) is 20.7 Å². The molecule has 3 aliphatic rings. The number of aromatic nitrogens is 3. The number of likely N-dealkylation sites (tertiary alicyclic amines) is 2. The number of amides is 2. The number of nitrogens with zero attached hydrogens (tertiary/aromatic N) is 5. The zero-order chi connectivity index (χ0) is 16.5. The van der Waals surface area contributed by atoms with Gasteiger partial charge in [-0.25, -0.2) is 4.68 Å². The summed E-state index contributed by atoms with van der Waals surface area (Å²) in [6.45, 7) is 2.78. The molecule has 128 valence electrons. The molecule has 1 aliphatic carbocycles. The summed E-state index contributed by atoms with van der Waals surface area (Å²) in [6.07, 6.45) is 10.6. The molecule has 0 aromatic carbocycles. The van der Waals surface area contributed by atoms with Crippen LogP contribution < -0.4 is 0 Å². The van der Waals surface area contributed by atoms with Gasteiger partial charge in [-0.2, -0.15) is 0 Å². The molecule has 1 aromatic rings. The lowest BCUT2D eigenvalue weighted by Gasteiger charge is -2.40. The van der Waals surface area contributed by atoms with Crippen molar-refractivity contribution in [3.8, 4) is 0 Å². The minimum atomic E-state index is 0.156. The highest BCUT2D eigenvalue weighted by Gasteiger charge is 2.36. The number of carbonyl (C=O) groups is 2. The molecule has 0 saturated carbocycles. The highest BCUT2D eigenvalue weighted by Crippen LogP contribution is 2.27. The molecule has 0 N–H and O–H groups in total. The van der Waals surface area contributed by atoms with Gasteiger partial charge in [0.1, 0.15) is 5.69 Å². The lowest BCUT2D eigenvalue weighted by Crippen LogP contribution is -2.52. The number of hydrogen-bond donors (Lipinski definition) is 0. The fourth-order valence-corrected chi connectivity index (χ4v) is 3.71. The van der Waals surface area contributed by atoms with Gasteiger partial charge in [-0.05, 0) is 25.7 Å². The SMILES string of the molecule is O=C1CCCN1Cc1cn(C2CN(C(=O)C3CC=CCC3)C2)nn1. The van der Waals surface area contributed by atoms with E-state index >= 15 is 0 Å². The third kappa shape index (κ3) is 2.95. The van der Waals surface area contributed by atoms with Crippen molar-refractivity contribution in [1.29, 1.82) is 0 Å². The van der Waals surface area contributed by atoms with E-state index in [1.54, 1.807) is 0 Å². The van der Waals surface area contributed by atoms with E-state index in [4.69, 9.17) is 0 Å². The predicted octanol–water partition coefficient (Wildman–Crippen LogP) is 1.14. The van der Waals surface area contributed by atoms with E-state index in [2.05, 4.69) is 22.5 Å². The molecule has 3 heterocycles. The molecule has 2 aliphatic heterocycles. The van der Waals surface area contributed by atoms with E-state index < -0.39 is 0 Å². The van der Waals surface area contributed by atoms with Crippen LogP contribution in [0.3, 0.4) is 0 Å². The first-order valence-electron chi connectivity index (χ1n) is 8.83. The highest BCUT2D eigenvalue weighted by atomic mass is 16.2. The quantitative estimate of drug-likeness (QED) is 0.777. The Morgan fingerprint density at radius 3 is 2.88 bits per heavy atom. The van der Waals surface area contributed by atoms with Gasteiger partial charge in [-0.15, -0.1) is 5.10 Å². The van der Waals surface area contributed by atoms with Crippen molar-refractivity contribution in [2.24, 2.45) is 5.92 Å². The highest BCUT2D eigenvalue weighted by molar-refractivity contribution is 5.80. The van der Waals surface area contributed by atoms with Crippen LogP contribution in [-0.4, -0.2) is 56.2 Å². The number of carbonyl (C=O) groups excluding carboxylic acids is 2. The number of rotatable bonds is 4. The maximum atomic E-state index is 12.4. The molecule has 2 saturated heterocycles. The second-order valence-electron chi connectivity index (χ2n) is 6.99. The average molecular weight is 329 g/mol. The first kappa shape index (κ1) is 15.4. The van der Waals surface area contributed by atoms with Crippen molar-refractivity contribution >= 4 is 11.8 Å². The van der Waals surface area contributed by atoms with Crippen LogP contribution in [0.1, 0.15) is 43.8 Å². The molecule has 7 nitrogen and oxygen atoms in total. The van der Waals surface area contributed by atoms with Gasteiger partial charge in [0.25, 0.3) is 0 Å². The van der Waals surface area contributed by atoms with Crippen molar-refractivity contribution in [3.63, 3.8) is 0 Å². The first-order valence-corrected chi connectivity index (χ1v) is 8.83. The lowest BCUT2D eigenvalue weighted by atomic mass is 9.91. The number of allylic oxidation sites excluding steroid dienone is 2. The molecule has 1 atom stereocenters. The largest absolute Gasteiger partial charge is 0.338 e. The number of hydrogen-bond acceptors (Lipinski definition) is 4. The molecule has 2 amide bonds. The Labute approximate surface area is 141 Å². The van der Waals surface area contributed by atoms with E-state index in [-0.39, 0.29) is 23.8 Å². The minimum absolute atomic E-state index is 0.156. The van der Waals surface area contributed by atoms with Crippen LogP contribution >= 0.6 is 0 Å². The van der Waals surface area contributed by atoms with Crippen molar-refractivity contribution in [2.75, 3.05) is 19.6 Å². The monoisotopic (exact) mass is 329 g/mol. The fourth-order valence-electron chi connectivity index (χ4n) is 3.71. The molecule has 0 bridgehead atoms. The molecule has 0 spiro atoms. The maximum absolute atomic E-state index is 12.4. The summed E-state index contributed by atoms with van der Waals surface area (Å²) >= 11 is 0. The first-order chi connectivity index (χ1) is 11.7. The second kappa shape index (κ2) is 6.37. The molecule has 4 rings (SSSR count). The Kier molecular flexibility index (Phi) is 4.08. The molecule has 2 fully saturated rings. The average Bonchev–Trinajstić information content (AvgIpc) is 3.17. The molecule has 24 heavy (non-hydrogen) atoms. The maximum Gasteiger partial charge on any atom is 0.226 e. The van der Waals surface area contributed by atoms with E-state index in [0.717, 1.165) is 37.9 Å². The van der Waals surface area contributed by atoms with Crippen LogP contribution in [-0.2, 0) is 16.1 Å². The Balaban J connectivity index is 1.30. The third-order valence-electron chi connectivity index (χ3n) is 5.25. The van der Waals surface area contributed by atoms with Crippen LogP contribution in [0.25, 0.3) is 0 Å². The van der Waals surface area contributed by atoms with Crippen molar-refractivity contribution in [3.05, 3.63) is 24.0 Å². The van der Waals surface area contributed by atoms with Gasteiger partial charge < -0.3 is 9.80 Å². The molecular weight excluding hydrogens is 306 g/mol. The Morgan fingerprint density at radius 2 is 2.17 bits per heavy atom. The topological polar surface area (TPSA) is 71.3 Å². The van der Waals surface area contributed by atoms with E-state index in [1.165, 1.54) is 0 Å². The molecule has 1 aromatic heterocycles. The van der Waals surface area contributed by atoms with Gasteiger partial charge in [0.15, 0.2) is 0 Å². The van der Waals surface area contributed by atoms with Crippen LogP contribution in [0, 0.1) is 5.92 Å². The van der Waals surface area contributed by atoms with Crippen LogP contribution in [0.4, 0.5) is 0 Å². The summed E-state index contributed by atoms with van der Waals surface area (Å²) in [4.78, 5) is 27.9. The Morgan fingerprint density at radius 1 is 1.29 bits per heavy atom.